The first kappa shape index (κ1) is 30.3. The van der Waals surface area contributed by atoms with E-state index in [1.54, 1.807) is 0 Å². The molecule has 0 atom stereocenters. The third-order valence-corrected chi connectivity index (χ3v) is 11.3. The zero-order valence-electron chi connectivity index (χ0n) is 27.2. The molecule has 46 heavy (non-hydrogen) atoms. The van der Waals surface area contributed by atoms with Crippen LogP contribution in [0.2, 0.25) is 0 Å². The van der Waals surface area contributed by atoms with Crippen LogP contribution in [0.1, 0.15) is 51.3 Å². The molecule has 0 fully saturated rings. The van der Waals surface area contributed by atoms with Crippen LogP contribution in [-0.4, -0.2) is 0 Å². The van der Waals surface area contributed by atoms with Crippen molar-refractivity contribution in [3.63, 3.8) is 0 Å². The average Bonchev–Trinajstić information content (AvgIpc) is 3.68. The van der Waals surface area contributed by atoms with Gasteiger partial charge in [-0.2, -0.15) is 0 Å². The third-order valence-electron chi connectivity index (χ3n) is 8.18. The van der Waals surface area contributed by atoms with Crippen molar-refractivity contribution in [2.45, 2.75) is 52.4 Å². The van der Waals surface area contributed by atoms with Gasteiger partial charge in [0, 0.05) is 41.1 Å². The maximum absolute atomic E-state index is 6.16. The molecule has 0 spiro atoms. The number of ether oxygens (including phenoxy) is 2. The summed E-state index contributed by atoms with van der Waals surface area (Å²) in [6, 6.07) is 42.0. The maximum atomic E-state index is 6.16. The summed E-state index contributed by atoms with van der Waals surface area (Å²) in [4.78, 5) is 2.76. The quantitative estimate of drug-likeness (QED) is 0.180. The van der Waals surface area contributed by atoms with Crippen LogP contribution in [0.4, 0.5) is 0 Å². The molecule has 0 aliphatic heterocycles. The van der Waals surface area contributed by atoms with Crippen molar-refractivity contribution < 1.29 is 9.47 Å². The Hall–Kier alpha value is -4.38. The molecule has 0 aliphatic rings. The maximum Gasteiger partial charge on any atom is 0.127 e. The molecule has 0 aliphatic carbocycles. The highest BCUT2D eigenvalue weighted by Gasteiger charge is 2.27. The lowest BCUT2D eigenvalue weighted by atomic mass is 9.89. The number of thiophene rings is 2. The van der Waals surface area contributed by atoms with Crippen LogP contribution in [0.15, 0.2) is 121 Å². The largest absolute Gasteiger partial charge is 0.457 e. The predicted molar refractivity (Wildman–Crippen MR) is 199 cm³/mol. The van der Waals surface area contributed by atoms with Crippen molar-refractivity contribution in [3.05, 3.63) is 131 Å². The first-order chi connectivity index (χ1) is 22.0. The van der Waals surface area contributed by atoms with Gasteiger partial charge < -0.3 is 9.47 Å². The Morgan fingerprint density at radius 3 is 1.07 bits per heavy atom. The summed E-state index contributed by atoms with van der Waals surface area (Å²) in [5.41, 5.74) is 5.07. The molecular weight excluding hydrogens is 601 g/mol. The lowest BCUT2D eigenvalue weighted by Gasteiger charge is -2.15. The Bertz CT molecular complexity index is 1910. The van der Waals surface area contributed by atoms with E-state index in [0.717, 1.165) is 23.0 Å². The van der Waals surface area contributed by atoms with E-state index in [4.69, 9.17) is 9.47 Å². The number of para-hydroxylation sites is 2. The summed E-state index contributed by atoms with van der Waals surface area (Å²) in [5, 5.41) is 2.61. The summed E-state index contributed by atoms with van der Waals surface area (Å²) in [6.45, 7) is 13.8. The predicted octanol–water partition coefficient (Wildman–Crippen LogP) is 13.6. The van der Waals surface area contributed by atoms with E-state index in [0.29, 0.717) is 0 Å². The standard InChI is InChI=1S/C42H38O2S2/c1-41(2,3)35-25-33-37(27-17-21-31(22-18-27)43-29-13-9-7-10-14-29)40-34(26-36(46-40)42(4,5)6)38(39(33)45-35)28-19-23-32(24-20-28)44-30-15-11-8-12-16-30/h7-26H,1-6H3. The van der Waals surface area contributed by atoms with Gasteiger partial charge in [-0.05, 0) is 82.6 Å². The minimum atomic E-state index is 0.0307. The number of fused-ring (bicyclic) bond motifs is 2. The molecule has 2 heterocycles. The molecule has 4 heteroatoms. The van der Waals surface area contributed by atoms with Crippen LogP contribution in [0, 0.1) is 0 Å². The van der Waals surface area contributed by atoms with Crippen molar-refractivity contribution in [2.75, 3.05) is 0 Å². The molecule has 2 aromatic heterocycles. The first-order valence-corrected chi connectivity index (χ1v) is 17.4. The minimum Gasteiger partial charge on any atom is -0.457 e. The average molecular weight is 639 g/mol. The van der Waals surface area contributed by atoms with Crippen LogP contribution in [-0.2, 0) is 10.8 Å². The van der Waals surface area contributed by atoms with E-state index in [2.05, 4.69) is 102 Å². The van der Waals surface area contributed by atoms with Gasteiger partial charge in [0.2, 0.25) is 0 Å². The Balaban J connectivity index is 1.42. The topological polar surface area (TPSA) is 18.5 Å². The molecule has 7 aromatic rings. The second-order valence-electron chi connectivity index (χ2n) is 13.8. The molecule has 0 unspecified atom stereocenters. The normalized spacial score (nSPS) is 12.1. The van der Waals surface area contributed by atoms with Crippen molar-refractivity contribution in [3.8, 4) is 45.3 Å². The summed E-state index contributed by atoms with van der Waals surface area (Å²) in [6.07, 6.45) is 0. The van der Waals surface area contributed by atoms with Gasteiger partial charge in [0.15, 0.2) is 0 Å². The summed E-state index contributed by atoms with van der Waals surface area (Å²) in [5.74, 6) is 3.34. The fourth-order valence-corrected chi connectivity index (χ4v) is 8.32. The summed E-state index contributed by atoms with van der Waals surface area (Å²) in [7, 11) is 0. The zero-order chi connectivity index (χ0) is 32.1. The van der Waals surface area contributed by atoms with E-state index in [1.165, 1.54) is 52.2 Å². The number of rotatable bonds is 6. The van der Waals surface area contributed by atoms with Gasteiger partial charge >= 0.3 is 0 Å². The number of hydrogen-bond donors (Lipinski definition) is 0. The van der Waals surface area contributed by atoms with Gasteiger partial charge in [-0.1, -0.05) is 102 Å². The smallest absolute Gasteiger partial charge is 0.127 e. The highest BCUT2D eigenvalue weighted by atomic mass is 32.1. The Kier molecular flexibility index (Phi) is 7.75. The first-order valence-electron chi connectivity index (χ1n) is 15.8. The molecule has 0 N–H and O–H groups in total. The SMILES string of the molecule is CC(C)(C)c1cc2c(-c3ccc(Oc4ccccc4)cc3)c3sc(C(C)(C)C)cc3c(-c3ccc(Oc4ccccc4)cc3)c2s1. The highest BCUT2D eigenvalue weighted by Crippen LogP contribution is 2.52. The molecule has 5 aromatic carbocycles. The Morgan fingerprint density at radius 1 is 0.413 bits per heavy atom. The van der Waals surface area contributed by atoms with E-state index in [1.807, 2.05) is 83.3 Å². The minimum absolute atomic E-state index is 0.0307. The molecule has 230 valence electrons. The van der Waals surface area contributed by atoms with Crippen LogP contribution >= 0.6 is 22.7 Å². The zero-order valence-corrected chi connectivity index (χ0v) is 28.8. The molecule has 2 nitrogen and oxygen atoms in total. The fraction of sp³-hybridized carbons (Fsp3) is 0.190. The van der Waals surface area contributed by atoms with Gasteiger partial charge in [-0.15, -0.1) is 22.7 Å². The van der Waals surface area contributed by atoms with Gasteiger partial charge in [0.05, 0.1) is 0 Å². The molecular formula is C42H38O2S2. The molecule has 7 rings (SSSR count). The third kappa shape index (κ3) is 5.95. The molecule has 0 saturated carbocycles. The van der Waals surface area contributed by atoms with Crippen LogP contribution in [0.5, 0.6) is 23.0 Å². The van der Waals surface area contributed by atoms with Crippen molar-refractivity contribution >= 4 is 42.8 Å². The van der Waals surface area contributed by atoms with E-state index >= 15 is 0 Å². The second-order valence-corrected chi connectivity index (χ2v) is 15.9. The van der Waals surface area contributed by atoms with Gasteiger partial charge in [-0.3, -0.25) is 0 Å². The van der Waals surface area contributed by atoms with Crippen molar-refractivity contribution in [1.29, 1.82) is 0 Å². The molecule has 0 bridgehead atoms. The van der Waals surface area contributed by atoms with Gasteiger partial charge in [0.1, 0.15) is 23.0 Å². The van der Waals surface area contributed by atoms with Crippen molar-refractivity contribution in [1.82, 2.24) is 0 Å². The summed E-state index contributed by atoms with van der Waals surface area (Å²) >= 11 is 3.85. The van der Waals surface area contributed by atoms with E-state index in [9.17, 15) is 0 Å². The van der Waals surface area contributed by atoms with Gasteiger partial charge in [0.25, 0.3) is 0 Å². The Labute approximate surface area is 279 Å². The van der Waals surface area contributed by atoms with Crippen LogP contribution in [0.3, 0.4) is 0 Å². The number of benzene rings is 5. The lowest BCUT2D eigenvalue weighted by molar-refractivity contribution is 0.482. The molecule has 0 amide bonds. The Morgan fingerprint density at radius 2 is 0.739 bits per heavy atom. The monoisotopic (exact) mass is 638 g/mol. The lowest BCUT2D eigenvalue weighted by Crippen LogP contribution is -2.07. The fourth-order valence-electron chi connectivity index (χ4n) is 5.71. The van der Waals surface area contributed by atoms with Crippen molar-refractivity contribution in [2.24, 2.45) is 0 Å². The second kappa shape index (κ2) is 11.8. The summed E-state index contributed by atoms with van der Waals surface area (Å²) < 4.78 is 15.0. The number of hydrogen-bond acceptors (Lipinski definition) is 4. The van der Waals surface area contributed by atoms with Crippen LogP contribution < -0.4 is 9.47 Å². The van der Waals surface area contributed by atoms with E-state index < -0.39 is 0 Å². The van der Waals surface area contributed by atoms with E-state index in [-0.39, 0.29) is 10.8 Å². The van der Waals surface area contributed by atoms with Gasteiger partial charge in [-0.25, -0.2) is 0 Å². The molecule has 0 saturated heterocycles. The molecule has 0 radical (unpaired) electrons. The highest BCUT2D eigenvalue weighted by molar-refractivity contribution is 7.22. The van der Waals surface area contributed by atoms with Crippen LogP contribution in [0.25, 0.3) is 42.4 Å².